The number of carbonyl (C=O) groups is 1. The molecule has 19 heavy (non-hydrogen) atoms. The molecule has 5 heteroatoms. The summed E-state index contributed by atoms with van der Waals surface area (Å²) in [6, 6.07) is 0. The van der Waals surface area contributed by atoms with Gasteiger partial charge in [0.1, 0.15) is 0 Å². The van der Waals surface area contributed by atoms with Crippen LogP contribution in [0.25, 0.3) is 0 Å². The number of piperidine rings is 1. The van der Waals surface area contributed by atoms with Crippen LogP contribution in [0.1, 0.15) is 42.3 Å². The van der Waals surface area contributed by atoms with Gasteiger partial charge in [-0.05, 0) is 45.2 Å². The summed E-state index contributed by atoms with van der Waals surface area (Å²) in [4.78, 5) is 14.4. The molecule has 2 rings (SSSR count). The molecular weight excluding hydrogens is 242 g/mol. The lowest BCUT2D eigenvalue weighted by Gasteiger charge is -2.29. The third-order valence-electron chi connectivity index (χ3n) is 3.60. The van der Waals surface area contributed by atoms with Gasteiger partial charge in [0.2, 0.25) is 5.76 Å². The number of aromatic nitrogens is 1. The Hall–Kier alpha value is -1.36. The van der Waals surface area contributed by atoms with Gasteiger partial charge in [0, 0.05) is 18.7 Å². The number of amides is 1. The van der Waals surface area contributed by atoms with E-state index in [0.717, 1.165) is 38.2 Å². The SMILES string of the molecule is CCCN(CC1CCCNC1)C(=O)c1oncc1C. The summed E-state index contributed by atoms with van der Waals surface area (Å²) in [5, 5.41) is 7.09. The highest BCUT2D eigenvalue weighted by Gasteiger charge is 2.24. The first kappa shape index (κ1) is 14.1. The van der Waals surface area contributed by atoms with E-state index in [0.29, 0.717) is 11.7 Å². The monoisotopic (exact) mass is 265 g/mol. The smallest absolute Gasteiger partial charge is 0.292 e. The highest BCUT2D eigenvalue weighted by Crippen LogP contribution is 2.16. The first-order chi connectivity index (χ1) is 9.22. The quantitative estimate of drug-likeness (QED) is 0.882. The van der Waals surface area contributed by atoms with Crippen molar-refractivity contribution in [2.24, 2.45) is 5.92 Å². The van der Waals surface area contributed by atoms with E-state index in [2.05, 4.69) is 17.4 Å². The summed E-state index contributed by atoms with van der Waals surface area (Å²) < 4.78 is 5.09. The average molecular weight is 265 g/mol. The van der Waals surface area contributed by atoms with Crippen molar-refractivity contribution in [3.8, 4) is 0 Å². The van der Waals surface area contributed by atoms with E-state index in [-0.39, 0.29) is 5.91 Å². The molecule has 1 N–H and O–H groups in total. The Morgan fingerprint density at radius 2 is 2.47 bits per heavy atom. The van der Waals surface area contributed by atoms with Crippen molar-refractivity contribution in [3.63, 3.8) is 0 Å². The van der Waals surface area contributed by atoms with Gasteiger partial charge in [0.25, 0.3) is 5.91 Å². The molecule has 106 valence electrons. The van der Waals surface area contributed by atoms with Gasteiger partial charge >= 0.3 is 0 Å². The van der Waals surface area contributed by atoms with Crippen molar-refractivity contribution in [2.75, 3.05) is 26.2 Å². The lowest BCUT2D eigenvalue weighted by atomic mass is 9.99. The molecule has 0 aromatic carbocycles. The summed E-state index contributed by atoms with van der Waals surface area (Å²) in [6.45, 7) is 7.63. The Morgan fingerprint density at radius 1 is 1.63 bits per heavy atom. The average Bonchev–Trinajstić information content (AvgIpc) is 2.85. The summed E-state index contributed by atoms with van der Waals surface area (Å²) in [5.41, 5.74) is 0.813. The summed E-state index contributed by atoms with van der Waals surface area (Å²) in [5.74, 6) is 0.909. The zero-order chi connectivity index (χ0) is 13.7. The predicted molar refractivity (Wildman–Crippen MR) is 73.0 cm³/mol. The van der Waals surface area contributed by atoms with E-state index in [1.165, 1.54) is 12.8 Å². The van der Waals surface area contributed by atoms with Gasteiger partial charge in [0.05, 0.1) is 6.20 Å². The van der Waals surface area contributed by atoms with Crippen molar-refractivity contribution in [3.05, 3.63) is 17.5 Å². The number of nitrogens with zero attached hydrogens (tertiary/aromatic N) is 2. The van der Waals surface area contributed by atoms with Crippen LogP contribution in [0, 0.1) is 12.8 Å². The fourth-order valence-electron chi connectivity index (χ4n) is 2.58. The predicted octanol–water partition coefficient (Wildman–Crippen LogP) is 1.83. The van der Waals surface area contributed by atoms with Crippen LogP contribution >= 0.6 is 0 Å². The second-order valence-corrected chi connectivity index (χ2v) is 5.30. The number of rotatable bonds is 5. The third-order valence-corrected chi connectivity index (χ3v) is 3.60. The van der Waals surface area contributed by atoms with Crippen LogP contribution < -0.4 is 5.32 Å². The van der Waals surface area contributed by atoms with Gasteiger partial charge in [0.15, 0.2) is 0 Å². The van der Waals surface area contributed by atoms with E-state index in [9.17, 15) is 4.79 Å². The lowest BCUT2D eigenvalue weighted by molar-refractivity contribution is 0.0676. The molecule has 1 atom stereocenters. The second kappa shape index (κ2) is 6.70. The van der Waals surface area contributed by atoms with E-state index >= 15 is 0 Å². The fourth-order valence-corrected chi connectivity index (χ4v) is 2.58. The topological polar surface area (TPSA) is 58.4 Å². The summed E-state index contributed by atoms with van der Waals surface area (Å²) >= 11 is 0. The van der Waals surface area contributed by atoms with Crippen LogP contribution in [0.4, 0.5) is 0 Å². The normalized spacial score (nSPS) is 19.4. The van der Waals surface area contributed by atoms with Crippen molar-refractivity contribution >= 4 is 5.91 Å². The van der Waals surface area contributed by atoms with E-state index in [1.807, 2.05) is 11.8 Å². The number of nitrogens with one attached hydrogen (secondary N) is 1. The Labute approximate surface area is 114 Å². The highest BCUT2D eigenvalue weighted by molar-refractivity contribution is 5.92. The molecule has 1 aromatic rings. The van der Waals surface area contributed by atoms with Crippen LogP contribution in [0.2, 0.25) is 0 Å². The standard InChI is InChI=1S/C14H23N3O2/c1-3-7-17(10-12-5-4-6-15-9-12)14(18)13-11(2)8-16-19-13/h8,12,15H,3-7,9-10H2,1-2H3. The van der Waals surface area contributed by atoms with Crippen LogP contribution in [0.5, 0.6) is 0 Å². The molecule has 5 nitrogen and oxygen atoms in total. The molecule has 1 saturated heterocycles. The van der Waals surface area contributed by atoms with Gasteiger partial charge < -0.3 is 14.7 Å². The number of aryl methyl sites for hydroxylation is 1. The summed E-state index contributed by atoms with van der Waals surface area (Å²) in [6.07, 6.45) is 4.94. The van der Waals surface area contributed by atoms with Gasteiger partial charge in [-0.2, -0.15) is 0 Å². The lowest BCUT2D eigenvalue weighted by Crippen LogP contribution is -2.41. The molecule has 1 unspecified atom stereocenters. The second-order valence-electron chi connectivity index (χ2n) is 5.30. The largest absolute Gasteiger partial charge is 0.351 e. The van der Waals surface area contributed by atoms with Gasteiger partial charge in [-0.1, -0.05) is 12.1 Å². The fraction of sp³-hybridized carbons (Fsp3) is 0.714. The van der Waals surface area contributed by atoms with E-state index in [1.54, 1.807) is 6.20 Å². The van der Waals surface area contributed by atoms with Crippen LogP contribution in [-0.2, 0) is 0 Å². The Balaban J connectivity index is 2.02. The van der Waals surface area contributed by atoms with E-state index < -0.39 is 0 Å². The van der Waals surface area contributed by atoms with Gasteiger partial charge in [-0.25, -0.2) is 0 Å². The molecule has 0 saturated carbocycles. The van der Waals surface area contributed by atoms with Crippen molar-refractivity contribution in [1.82, 2.24) is 15.4 Å². The molecule has 2 heterocycles. The molecule has 0 bridgehead atoms. The zero-order valence-corrected chi connectivity index (χ0v) is 11.8. The maximum atomic E-state index is 12.5. The zero-order valence-electron chi connectivity index (χ0n) is 11.8. The first-order valence-electron chi connectivity index (χ1n) is 7.13. The Bertz CT molecular complexity index is 411. The van der Waals surface area contributed by atoms with Crippen LogP contribution in [-0.4, -0.2) is 42.1 Å². The van der Waals surface area contributed by atoms with Crippen molar-refractivity contribution in [1.29, 1.82) is 0 Å². The minimum absolute atomic E-state index is 0.0255. The highest BCUT2D eigenvalue weighted by atomic mass is 16.5. The van der Waals surface area contributed by atoms with E-state index in [4.69, 9.17) is 4.52 Å². The van der Waals surface area contributed by atoms with Crippen molar-refractivity contribution in [2.45, 2.75) is 33.1 Å². The number of hydrogen-bond acceptors (Lipinski definition) is 4. The molecule has 0 radical (unpaired) electrons. The number of hydrogen-bond donors (Lipinski definition) is 1. The molecule has 1 aromatic heterocycles. The molecule has 1 aliphatic heterocycles. The maximum absolute atomic E-state index is 12.5. The van der Waals surface area contributed by atoms with Crippen molar-refractivity contribution < 1.29 is 9.32 Å². The molecule has 0 aliphatic carbocycles. The molecule has 1 fully saturated rings. The Kier molecular flexibility index (Phi) is 4.96. The number of carbonyl (C=O) groups excluding carboxylic acids is 1. The summed E-state index contributed by atoms with van der Waals surface area (Å²) in [7, 11) is 0. The third kappa shape index (κ3) is 3.56. The molecular formula is C14H23N3O2. The minimum Gasteiger partial charge on any atom is -0.351 e. The van der Waals surface area contributed by atoms with Gasteiger partial charge in [-0.3, -0.25) is 4.79 Å². The minimum atomic E-state index is -0.0255. The maximum Gasteiger partial charge on any atom is 0.292 e. The van der Waals surface area contributed by atoms with Crippen LogP contribution in [0.3, 0.4) is 0 Å². The Morgan fingerprint density at radius 3 is 3.05 bits per heavy atom. The molecule has 1 amide bonds. The van der Waals surface area contributed by atoms with Crippen LogP contribution in [0.15, 0.2) is 10.7 Å². The first-order valence-corrected chi connectivity index (χ1v) is 7.13. The van der Waals surface area contributed by atoms with Gasteiger partial charge in [-0.15, -0.1) is 0 Å². The molecule has 0 spiro atoms. The molecule has 1 aliphatic rings.